The number of carbonyl (C=O) groups excluding carboxylic acids is 2. The van der Waals surface area contributed by atoms with Gasteiger partial charge in [0.15, 0.2) is 5.76 Å². The number of anilines is 2. The third-order valence-corrected chi connectivity index (χ3v) is 6.48. The molecule has 5 rings (SSSR count). The molecule has 0 spiro atoms. The van der Waals surface area contributed by atoms with Crippen molar-refractivity contribution in [1.29, 1.82) is 0 Å². The number of ether oxygens (including phenoxy) is 1. The van der Waals surface area contributed by atoms with Gasteiger partial charge in [-0.2, -0.15) is 13.2 Å². The number of amides is 2. The molecule has 1 N–H and O–H groups in total. The second kappa shape index (κ2) is 9.69. The Morgan fingerprint density at radius 3 is 2.42 bits per heavy atom. The Bertz CT molecular complexity index is 1250. The van der Waals surface area contributed by atoms with Crippen LogP contribution in [0.2, 0.25) is 0 Å². The second-order valence-electron chi connectivity index (χ2n) is 8.72. The van der Waals surface area contributed by atoms with Crippen LogP contribution in [0.4, 0.5) is 24.5 Å². The molecule has 2 aliphatic heterocycles. The van der Waals surface area contributed by atoms with Crippen molar-refractivity contribution < 1.29 is 31.9 Å². The van der Waals surface area contributed by atoms with Crippen LogP contribution in [-0.2, 0) is 28.7 Å². The van der Waals surface area contributed by atoms with Gasteiger partial charge in [-0.05, 0) is 41.5 Å². The molecule has 0 aliphatic carbocycles. The van der Waals surface area contributed by atoms with Crippen LogP contribution < -0.4 is 10.2 Å². The highest BCUT2D eigenvalue weighted by Crippen LogP contribution is 2.36. The number of hydrogen-bond donors (Lipinski definition) is 1. The van der Waals surface area contributed by atoms with Gasteiger partial charge >= 0.3 is 6.18 Å². The molecule has 0 unspecified atom stereocenters. The number of alkyl halides is 3. The first-order valence-electron chi connectivity index (χ1n) is 11.6. The lowest BCUT2D eigenvalue weighted by molar-refractivity contribution is -0.137. The van der Waals surface area contributed by atoms with Crippen LogP contribution in [0.1, 0.15) is 27.2 Å². The summed E-state index contributed by atoms with van der Waals surface area (Å²) in [5.74, 6) is -0.953. The standard InChI is InChI=1S/C26H24F3N3O4/c27-26(28,29)19-7-8-21(31-9-12-35-13-10-31)20(15-19)30-24(33)22-14-17-4-1-2-5-18(17)16-32(22)25(34)23-6-3-11-36-23/h1-8,11,15,22H,9-10,12-14,16H2,(H,30,33)/t22-/m0/s1. The topological polar surface area (TPSA) is 75.0 Å². The molecule has 0 radical (unpaired) electrons. The van der Waals surface area contributed by atoms with E-state index in [1.807, 2.05) is 29.2 Å². The summed E-state index contributed by atoms with van der Waals surface area (Å²) in [6.45, 7) is 1.99. The highest BCUT2D eigenvalue weighted by Gasteiger charge is 2.37. The number of carbonyl (C=O) groups is 2. The van der Waals surface area contributed by atoms with Gasteiger partial charge in [0.25, 0.3) is 5.91 Å². The van der Waals surface area contributed by atoms with Gasteiger partial charge in [-0.1, -0.05) is 24.3 Å². The van der Waals surface area contributed by atoms with E-state index in [-0.39, 0.29) is 24.4 Å². The lowest BCUT2D eigenvalue weighted by Gasteiger charge is -2.36. The molecule has 10 heteroatoms. The van der Waals surface area contributed by atoms with Crippen LogP contribution in [0.3, 0.4) is 0 Å². The number of rotatable bonds is 4. The molecule has 2 aromatic carbocycles. The molecule has 3 aromatic rings. The Morgan fingerprint density at radius 1 is 0.972 bits per heavy atom. The molecule has 188 valence electrons. The number of morpholine rings is 1. The summed E-state index contributed by atoms with van der Waals surface area (Å²) in [7, 11) is 0. The summed E-state index contributed by atoms with van der Waals surface area (Å²) in [6, 6.07) is 12.9. The predicted molar refractivity (Wildman–Crippen MR) is 126 cm³/mol. The van der Waals surface area contributed by atoms with E-state index in [1.165, 1.54) is 23.3 Å². The average molecular weight is 499 g/mol. The van der Waals surface area contributed by atoms with E-state index in [4.69, 9.17) is 9.15 Å². The van der Waals surface area contributed by atoms with E-state index < -0.39 is 29.6 Å². The van der Waals surface area contributed by atoms with E-state index in [9.17, 15) is 22.8 Å². The Kier molecular flexibility index (Phi) is 6.44. The van der Waals surface area contributed by atoms with Crippen LogP contribution in [0.25, 0.3) is 0 Å². The van der Waals surface area contributed by atoms with Gasteiger partial charge in [0.2, 0.25) is 5.91 Å². The second-order valence-corrected chi connectivity index (χ2v) is 8.72. The minimum absolute atomic E-state index is 0.0426. The minimum atomic E-state index is -4.58. The highest BCUT2D eigenvalue weighted by molar-refractivity contribution is 6.02. The summed E-state index contributed by atoms with van der Waals surface area (Å²) in [6.07, 6.45) is -2.98. The fraction of sp³-hybridized carbons (Fsp3) is 0.308. The molecular weight excluding hydrogens is 475 g/mol. The molecule has 0 saturated carbocycles. The molecule has 2 aliphatic rings. The summed E-state index contributed by atoms with van der Waals surface area (Å²) in [5, 5.41) is 2.71. The van der Waals surface area contributed by atoms with E-state index in [1.54, 1.807) is 6.07 Å². The van der Waals surface area contributed by atoms with Gasteiger partial charge in [0, 0.05) is 26.1 Å². The maximum absolute atomic E-state index is 13.6. The first kappa shape index (κ1) is 23.9. The molecule has 1 saturated heterocycles. The summed E-state index contributed by atoms with van der Waals surface area (Å²) >= 11 is 0. The quantitative estimate of drug-likeness (QED) is 0.578. The van der Waals surface area contributed by atoms with Gasteiger partial charge in [0.05, 0.1) is 36.4 Å². The molecule has 1 atom stereocenters. The largest absolute Gasteiger partial charge is 0.459 e. The van der Waals surface area contributed by atoms with E-state index >= 15 is 0 Å². The zero-order valence-electron chi connectivity index (χ0n) is 19.3. The van der Waals surface area contributed by atoms with Crippen LogP contribution in [0.5, 0.6) is 0 Å². The first-order chi connectivity index (χ1) is 17.3. The van der Waals surface area contributed by atoms with Crippen molar-refractivity contribution in [3.63, 3.8) is 0 Å². The monoisotopic (exact) mass is 499 g/mol. The normalized spacial score (nSPS) is 18.0. The third-order valence-electron chi connectivity index (χ3n) is 6.48. The molecule has 36 heavy (non-hydrogen) atoms. The Balaban J connectivity index is 1.48. The van der Waals surface area contributed by atoms with Crippen molar-refractivity contribution in [2.75, 3.05) is 36.5 Å². The Hall–Kier alpha value is -3.79. The fourth-order valence-corrected chi connectivity index (χ4v) is 4.62. The number of furan rings is 1. The van der Waals surface area contributed by atoms with Crippen molar-refractivity contribution in [2.45, 2.75) is 25.2 Å². The van der Waals surface area contributed by atoms with Crippen molar-refractivity contribution in [1.82, 2.24) is 4.90 Å². The third kappa shape index (κ3) is 4.81. The maximum atomic E-state index is 13.6. The summed E-state index contributed by atoms with van der Waals surface area (Å²) < 4.78 is 51.2. The zero-order valence-corrected chi connectivity index (χ0v) is 19.3. The Morgan fingerprint density at radius 2 is 1.72 bits per heavy atom. The first-order valence-corrected chi connectivity index (χ1v) is 11.6. The molecule has 3 heterocycles. The maximum Gasteiger partial charge on any atom is 0.416 e. The molecule has 7 nitrogen and oxygen atoms in total. The van der Waals surface area contributed by atoms with E-state index in [2.05, 4.69) is 5.32 Å². The van der Waals surface area contributed by atoms with Gasteiger partial charge in [-0.3, -0.25) is 9.59 Å². The number of benzene rings is 2. The molecular formula is C26H24F3N3O4. The van der Waals surface area contributed by atoms with Crippen molar-refractivity contribution in [2.24, 2.45) is 0 Å². The van der Waals surface area contributed by atoms with Gasteiger partial charge in [-0.25, -0.2) is 0 Å². The van der Waals surface area contributed by atoms with Crippen LogP contribution in [0.15, 0.2) is 65.3 Å². The lowest BCUT2D eigenvalue weighted by Crippen LogP contribution is -2.50. The van der Waals surface area contributed by atoms with E-state index in [0.717, 1.165) is 23.3 Å². The van der Waals surface area contributed by atoms with Gasteiger partial charge in [-0.15, -0.1) is 0 Å². The molecule has 2 amide bonds. The lowest BCUT2D eigenvalue weighted by atomic mass is 9.93. The summed E-state index contributed by atoms with van der Waals surface area (Å²) in [4.78, 5) is 30.1. The van der Waals surface area contributed by atoms with Gasteiger partial charge < -0.3 is 24.3 Å². The fourth-order valence-electron chi connectivity index (χ4n) is 4.62. The minimum Gasteiger partial charge on any atom is -0.459 e. The molecule has 0 bridgehead atoms. The summed E-state index contributed by atoms with van der Waals surface area (Å²) in [5.41, 5.74) is 1.45. The zero-order chi connectivity index (χ0) is 25.3. The number of hydrogen-bond acceptors (Lipinski definition) is 5. The Labute approximate surface area is 205 Å². The van der Waals surface area contributed by atoms with Crippen LogP contribution in [-0.4, -0.2) is 49.1 Å². The number of nitrogens with one attached hydrogen (secondary N) is 1. The van der Waals surface area contributed by atoms with Crippen molar-refractivity contribution in [3.8, 4) is 0 Å². The number of halogens is 3. The predicted octanol–water partition coefficient (Wildman–Crippen LogP) is 4.34. The van der Waals surface area contributed by atoms with Crippen LogP contribution >= 0.6 is 0 Å². The SMILES string of the molecule is O=C(Nc1cc(C(F)(F)F)ccc1N1CCOCC1)[C@@H]1Cc2ccccc2CN1C(=O)c1ccco1. The van der Waals surface area contributed by atoms with Crippen molar-refractivity contribution >= 4 is 23.2 Å². The van der Waals surface area contributed by atoms with Crippen LogP contribution in [0, 0.1) is 0 Å². The molecule has 1 aromatic heterocycles. The number of nitrogens with zero attached hydrogens (tertiary/aromatic N) is 2. The van der Waals surface area contributed by atoms with E-state index in [0.29, 0.717) is 32.0 Å². The number of fused-ring (bicyclic) bond motifs is 1. The highest BCUT2D eigenvalue weighted by atomic mass is 19.4. The van der Waals surface area contributed by atoms with Crippen molar-refractivity contribution in [3.05, 3.63) is 83.3 Å². The smallest absolute Gasteiger partial charge is 0.416 e. The average Bonchev–Trinajstić information content (AvgIpc) is 3.42. The molecule has 1 fully saturated rings. The van der Waals surface area contributed by atoms with Gasteiger partial charge in [0.1, 0.15) is 6.04 Å².